The van der Waals surface area contributed by atoms with E-state index in [0.717, 1.165) is 25.1 Å². The second-order valence-electron chi connectivity index (χ2n) is 6.33. The number of hydrogen-bond donors (Lipinski definition) is 2. The molecule has 1 saturated heterocycles. The van der Waals surface area contributed by atoms with Crippen LogP contribution < -0.4 is 16.0 Å². The number of nitrogens with one attached hydrogen (secondary N) is 1. The molecule has 24 heavy (non-hydrogen) atoms. The third-order valence-electron chi connectivity index (χ3n) is 4.29. The molecule has 3 N–H and O–H groups in total. The van der Waals surface area contributed by atoms with Gasteiger partial charge in [0.25, 0.3) is 5.91 Å². The fourth-order valence-corrected chi connectivity index (χ4v) is 2.96. The van der Waals surface area contributed by atoms with E-state index in [9.17, 15) is 4.79 Å². The van der Waals surface area contributed by atoms with Gasteiger partial charge in [0.2, 0.25) is 5.95 Å². The predicted molar refractivity (Wildman–Crippen MR) is 94.7 cm³/mol. The molecule has 1 aliphatic rings. The van der Waals surface area contributed by atoms with Gasteiger partial charge in [-0.25, -0.2) is 4.98 Å². The number of piperidine rings is 1. The average molecular weight is 325 g/mol. The summed E-state index contributed by atoms with van der Waals surface area (Å²) < 4.78 is 0. The maximum absolute atomic E-state index is 12.3. The van der Waals surface area contributed by atoms with E-state index in [1.54, 1.807) is 0 Å². The highest BCUT2D eigenvalue weighted by atomic mass is 16.1. The minimum absolute atomic E-state index is 0.226. The lowest BCUT2D eigenvalue weighted by Crippen LogP contribution is -2.35. The fraction of sp³-hybridized carbons (Fsp3) is 0.389. The molecule has 2 heterocycles. The molecule has 0 radical (unpaired) electrons. The molecule has 1 aromatic heterocycles. The number of nitrogens with two attached hydrogens (primary N) is 1. The molecule has 1 aromatic carbocycles. The van der Waals surface area contributed by atoms with Gasteiger partial charge < -0.3 is 16.0 Å². The van der Waals surface area contributed by atoms with Crippen LogP contribution in [0.25, 0.3) is 0 Å². The smallest absolute Gasteiger partial charge is 0.256 e. The molecule has 0 unspecified atom stereocenters. The first-order valence-corrected chi connectivity index (χ1v) is 8.33. The quantitative estimate of drug-likeness (QED) is 0.900. The summed E-state index contributed by atoms with van der Waals surface area (Å²) in [5.74, 6) is 1.20. The van der Waals surface area contributed by atoms with Gasteiger partial charge in [0.05, 0.1) is 5.56 Å². The monoisotopic (exact) mass is 325 g/mol. The first-order valence-electron chi connectivity index (χ1n) is 8.33. The Morgan fingerprint density at radius 3 is 2.88 bits per heavy atom. The molecule has 0 spiro atoms. The highest BCUT2D eigenvalue weighted by molar-refractivity contribution is 5.98. The minimum Gasteiger partial charge on any atom is -0.383 e. The molecular weight excluding hydrogens is 302 g/mol. The molecule has 0 saturated carbocycles. The predicted octanol–water partition coefficient (Wildman–Crippen LogP) is 2.23. The third kappa shape index (κ3) is 3.82. The number of hydrogen-bond acceptors (Lipinski definition) is 5. The zero-order valence-corrected chi connectivity index (χ0v) is 13.9. The number of anilines is 2. The van der Waals surface area contributed by atoms with Crippen LogP contribution in [0.3, 0.4) is 0 Å². The van der Waals surface area contributed by atoms with Gasteiger partial charge in [-0.15, -0.1) is 0 Å². The summed E-state index contributed by atoms with van der Waals surface area (Å²) in [6.07, 6.45) is 3.88. The van der Waals surface area contributed by atoms with Gasteiger partial charge in [0.15, 0.2) is 0 Å². The van der Waals surface area contributed by atoms with Crippen LogP contribution in [0.1, 0.15) is 35.7 Å². The van der Waals surface area contributed by atoms with E-state index in [0.29, 0.717) is 24.0 Å². The highest BCUT2D eigenvalue weighted by Gasteiger charge is 2.20. The molecule has 0 bridgehead atoms. The second-order valence-corrected chi connectivity index (χ2v) is 6.33. The molecule has 0 aliphatic carbocycles. The van der Waals surface area contributed by atoms with Gasteiger partial charge in [-0.05, 0) is 24.3 Å². The minimum atomic E-state index is -0.255. The first-order chi connectivity index (χ1) is 11.6. The molecule has 3 rings (SSSR count). The average Bonchev–Trinajstić information content (AvgIpc) is 2.60. The molecular formula is C18H23N5O. The Hall–Kier alpha value is -2.63. The van der Waals surface area contributed by atoms with Crippen molar-refractivity contribution in [2.45, 2.75) is 26.3 Å². The molecule has 126 valence electrons. The number of aromatic nitrogens is 2. The Kier molecular flexibility index (Phi) is 4.93. The zero-order chi connectivity index (χ0) is 16.9. The number of carbonyl (C=O) groups excluding carboxylic acids is 1. The largest absolute Gasteiger partial charge is 0.383 e. The number of benzene rings is 1. The molecule has 1 fully saturated rings. The van der Waals surface area contributed by atoms with E-state index in [1.165, 1.54) is 12.6 Å². The van der Waals surface area contributed by atoms with Crippen molar-refractivity contribution in [1.82, 2.24) is 15.3 Å². The Bertz CT molecular complexity index is 704. The van der Waals surface area contributed by atoms with Crippen LogP contribution in [-0.4, -0.2) is 29.0 Å². The molecule has 2 aromatic rings. The normalized spacial score (nSPS) is 17.5. The number of nitrogens with zero attached hydrogens (tertiary/aromatic N) is 3. The van der Waals surface area contributed by atoms with Crippen molar-refractivity contribution < 1.29 is 4.79 Å². The SMILES string of the molecule is C[C@@H]1CCCN(c2ncc(C(=O)NCc3ccccc3)c(N)n2)C1. The number of carbonyl (C=O) groups is 1. The third-order valence-corrected chi connectivity index (χ3v) is 4.29. The van der Waals surface area contributed by atoms with E-state index in [4.69, 9.17) is 5.73 Å². The summed E-state index contributed by atoms with van der Waals surface area (Å²) >= 11 is 0. The Labute approximate surface area is 142 Å². The van der Waals surface area contributed by atoms with Crippen molar-refractivity contribution in [2.24, 2.45) is 5.92 Å². The second kappa shape index (κ2) is 7.29. The Morgan fingerprint density at radius 2 is 2.17 bits per heavy atom. The van der Waals surface area contributed by atoms with Gasteiger partial charge in [-0.3, -0.25) is 4.79 Å². The van der Waals surface area contributed by atoms with Crippen LogP contribution in [0, 0.1) is 5.92 Å². The van der Waals surface area contributed by atoms with Gasteiger partial charge in [-0.2, -0.15) is 4.98 Å². The van der Waals surface area contributed by atoms with E-state index >= 15 is 0 Å². The summed E-state index contributed by atoms with van der Waals surface area (Å²) in [6, 6.07) is 9.74. The summed E-state index contributed by atoms with van der Waals surface area (Å²) in [7, 11) is 0. The molecule has 6 nitrogen and oxygen atoms in total. The summed E-state index contributed by atoms with van der Waals surface area (Å²) in [6.45, 7) is 4.54. The fourth-order valence-electron chi connectivity index (χ4n) is 2.96. The standard InChI is InChI=1S/C18H23N5O/c1-13-6-5-9-23(12-13)18-21-11-15(16(19)22-18)17(24)20-10-14-7-3-2-4-8-14/h2-4,7-8,11,13H,5-6,9-10,12H2,1H3,(H,20,24)(H2,19,21,22)/t13-/m1/s1. The number of rotatable bonds is 4. The first kappa shape index (κ1) is 16.2. The van der Waals surface area contributed by atoms with Crippen LogP contribution in [0.15, 0.2) is 36.5 Å². The van der Waals surface area contributed by atoms with Gasteiger partial charge in [-0.1, -0.05) is 37.3 Å². The topological polar surface area (TPSA) is 84.1 Å². The van der Waals surface area contributed by atoms with E-state index in [-0.39, 0.29) is 11.7 Å². The molecule has 1 aliphatic heterocycles. The summed E-state index contributed by atoms with van der Waals surface area (Å²) in [4.78, 5) is 23.1. The lowest BCUT2D eigenvalue weighted by molar-refractivity contribution is 0.0951. The Morgan fingerprint density at radius 1 is 1.38 bits per heavy atom. The van der Waals surface area contributed by atoms with Crippen LogP contribution in [0.2, 0.25) is 0 Å². The summed E-state index contributed by atoms with van der Waals surface area (Å²) in [5.41, 5.74) is 7.34. The maximum Gasteiger partial charge on any atom is 0.256 e. The molecule has 1 atom stereocenters. The number of amides is 1. The van der Waals surface area contributed by atoms with E-state index in [1.807, 2.05) is 30.3 Å². The van der Waals surface area contributed by atoms with E-state index < -0.39 is 0 Å². The van der Waals surface area contributed by atoms with Crippen molar-refractivity contribution >= 4 is 17.7 Å². The van der Waals surface area contributed by atoms with Crippen molar-refractivity contribution in [3.05, 3.63) is 47.7 Å². The van der Waals surface area contributed by atoms with Gasteiger partial charge in [0.1, 0.15) is 5.82 Å². The Balaban J connectivity index is 1.66. The zero-order valence-electron chi connectivity index (χ0n) is 13.9. The lowest BCUT2D eigenvalue weighted by Gasteiger charge is -2.31. The van der Waals surface area contributed by atoms with Crippen molar-refractivity contribution in [1.29, 1.82) is 0 Å². The van der Waals surface area contributed by atoms with Crippen molar-refractivity contribution in [3.63, 3.8) is 0 Å². The lowest BCUT2D eigenvalue weighted by atomic mass is 10.0. The van der Waals surface area contributed by atoms with Crippen LogP contribution >= 0.6 is 0 Å². The highest BCUT2D eigenvalue weighted by Crippen LogP contribution is 2.21. The summed E-state index contributed by atoms with van der Waals surface area (Å²) in [5, 5.41) is 2.85. The van der Waals surface area contributed by atoms with Gasteiger partial charge in [0, 0.05) is 25.8 Å². The van der Waals surface area contributed by atoms with Gasteiger partial charge >= 0.3 is 0 Å². The van der Waals surface area contributed by atoms with E-state index in [2.05, 4.69) is 27.1 Å². The molecule has 1 amide bonds. The van der Waals surface area contributed by atoms with Crippen LogP contribution in [-0.2, 0) is 6.54 Å². The van der Waals surface area contributed by atoms with Crippen molar-refractivity contribution in [2.75, 3.05) is 23.7 Å². The number of nitrogen functional groups attached to an aromatic ring is 1. The van der Waals surface area contributed by atoms with Crippen molar-refractivity contribution in [3.8, 4) is 0 Å². The van der Waals surface area contributed by atoms with Crippen LogP contribution in [0.4, 0.5) is 11.8 Å². The maximum atomic E-state index is 12.3. The van der Waals surface area contributed by atoms with Crippen LogP contribution in [0.5, 0.6) is 0 Å². The molecule has 6 heteroatoms.